The highest BCUT2D eigenvalue weighted by atomic mass is 16.1. The Bertz CT molecular complexity index is 840. The number of nitrogens with one attached hydrogen (secondary N) is 1. The van der Waals surface area contributed by atoms with Gasteiger partial charge in [-0.25, -0.2) is 0 Å². The predicted octanol–water partition coefficient (Wildman–Crippen LogP) is 4.18. The van der Waals surface area contributed by atoms with Gasteiger partial charge in [0.2, 0.25) is 0 Å². The molecule has 4 saturated carbocycles. The largest absolute Gasteiger partial charge is 0.317 e. The molecule has 4 aliphatic carbocycles. The number of Topliss-reactive ketones (excluding diaryl/α,β-unsaturated/α-hetero) is 1. The van der Waals surface area contributed by atoms with Crippen molar-refractivity contribution >= 4 is 5.78 Å². The van der Waals surface area contributed by atoms with E-state index in [1.807, 2.05) is 0 Å². The average Bonchev–Trinajstić information content (AvgIpc) is 3.36. The fourth-order valence-corrected chi connectivity index (χ4v) is 8.42. The maximum atomic E-state index is 13.3. The third-order valence-corrected chi connectivity index (χ3v) is 9.83. The van der Waals surface area contributed by atoms with E-state index in [9.17, 15) is 4.79 Å². The van der Waals surface area contributed by atoms with Gasteiger partial charge in [0.05, 0.1) is 18.3 Å². The average molecular weight is 409 g/mol. The molecule has 1 N–H and O–H groups in total. The van der Waals surface area contributed by atoms with Crippen molar-refractivity contribution in [3.05, 3.63) is 18.0 Å². The first-order chi connectivity index (χ1) is 14.5. The third kappa shape index (κ3) is 3.23. The summed E-state index contributed by atoms with van der Waals surface area (Å²) < 4.78 is 1.66. The van der Waals surface area contributed by atoms with Gasteiger partial charge in [-0.15, -0.1) is 0 Å². The lowest BCUT2D eigenvalue weighted by atomic mass is 9.49. The van der Waals surface area contributed by atoms with Crippen molar-refractivity contribution in [1.29, 1.82) is 5.26 Å². The van der Waals surface area contributed by atoms with Crippen LogP contribution >= 0.6 is 0 Å². The van der Waals surface area contributed by atoms with Crippen LogP contribution in [0.1, 0.15) is 70.3 Å². The zero-order chi connectivity index (χ0) is 20.9. The Labute approximate surface area is 180 Å². The maximum Gasteiger partial charge on any atom is 0.157 e. The van der Waals surface area contributed by atoms with Gasteiger partial charge in [-0.05, 0) is 99.8 Å². The minimum atomic E-state index is 0.163. The summed E-state index contributed by atoms with van der Waals surface area (Å²) in [6.45, 7) is 2.75. The highest BCUT2D eigenvalue weighted by Gasteiger charge is 2.58. The van der Waals surface area contributed by atoms with Crippen LogP contribution < -0.4 is 5.32 Å². The summed E-state index contributed by atoms with van der Waals surface area (Å²) in [5.41, 5.74) is 0.696. The van der Waals surface area contributed by atoms with E-state index in [1.54, 1.807) is 17.1 Å². The first-order valence-corrected chi connectivity index (χ1v) is 12.2. The topological polar surface area (TPSA) is 70.7 Å². The second kappa shape index (κ2) is 7.79. The molecule has 30 heavy (non-hydrogen) atoms. The van der Waals surface area contributed by atoms with Crippen molar-refractivity contribution in [3.8, 4) is 6.07 Å². The number of ketones is 1. The Morgan fingerprint density at radius 3 is 2.80 bits per heavy atom. The van der Waals surface area contributed by atoms with E-state index in [1.165, 1.54) is 51.4 Å². The molecule has 0 radical (unpaired) electrons. The van der Waals surface area contributed by atoms with Crippen molar-refractivity contribution in [2.75, 3.05) is 7.05 Å². The number of nitrogens with zero attached hydrogens (tertiary/aromatic N) is 3. The smallest absolute Gasteiger partial charge is 0.157 e. The summed E-state index contributed by atoms with van der Waals surface area (Å²) in [5, 5.41) is 16.8. The van der Waals surface area contributed by atoms with E-state index in [2.05, 4.69) is 30.5 Å². The van der Waals surface area contributed by atoms with Gasteiger partial charge < -0.3 is 5.32 Å². The molecule has 162 valence electrons. The Morgan fingerprint density at radius 1 is 1.20 bits per heavy atom. The number of hydrogen-bond acceptors (Lipinski definition) is 4. The second-order valence-corrected chi connectivity index (χ2v) is 10.9. The lowest BCUT2D eigenvalue weighted by Crippen LogP contribution is -2.50. The van der Waals surface area contributed by atoms with Crippen LogP contribution in [0.3, 0.4) is 0 Å². The Morgan fingerprint density at radius 2 is 2.03 bits per heavy atom. The van der Waals surface area contributed by atoms with Crippen LogP contribution in [-0.2, 0) is 11.3 Å². The quantitative estimate of drug-likeness (QED) is 0.811. The number of carbonyl (C=O) groups is 1. The van der Waals surface area contributed by atoms with Crippen LogP contribution in [0.5, 0.6) is 0 Å². The van der Waals surface area contributed by atoms with E-state index in [0.717, 1.165) is 42.1 Å². The van der Waals surface area contributed by atoms with Crippen LogP contribution in [-0.4, -0.2) is 28.7 Å². The molecular weight excluding hydrogens is 372 g/mol. The number of rotatable bonds is 4. The van der Waals surface area contributed by atoms with Crippen LogP contribution in [0.15, 0.2) is 12.4 Å². The van der Waals surface area contributed by atoms with Gasteiger partial charge in [0.1, 0.15) is 6.07 Å². The van der Waals surface area contributed by atoms with Gasteiger partial charge in [-0.2, -0.15) is 10.4 Å². The fraction of sp³-hybridized carbons (Fsp3) is 0.800. The van der Waals surface area contributed by atoms with Crippen molar-refractivity contribution in [2.45, 2.75) is 77.3 Å². The molecule has 0 amide bonds. The molecule has 4 fully saturated rings. The zero-order valence-corrected chi connectivity index (χ0v) is 18.5. The predicted molar refractivity (Wildman–Crippen MR) is 115 cm³/mol. The Hall–Kier alpha value is -1.67. The molecule has 1 heterocycles. The van der Waals surface area contributed by atoms with Gasteiger partial charge >= 0.3 is 0 Å². The SMILES string of the molecule is CN[C@H]1CC[C@H]2[C@H](CC[C@@H]3[C@@H]2CC[C@]2(C)[C@@H](C(=O)Cn4cc(C#N)cn4)CC[C@@H]32)C1. The number of fused-ring (bicyclic) bond motifs is 5. The molecule has 0 bridgehead atoms. The maximum absolute atomic E-state index is 13.3. The summed E-state index contributed by atoms with van der Waals surface area (Å²) in [6.07, 6.45) is 15.0. The number of hydrogen-bond donors (Lipinski definition) is 1. The van der Waals surface area contributed by atoms with E-state index in [-0.39, 0.29) is 11.3 Å². The van der Waals surface area contributed by atoms with Gasteiger partial charge in [0, 0.05) is 18.2 Å². The Kier molecular flexibility index (Phi) is 5.25. The van der Waals surface area contributed by atoms with E-state index >= 15 is 0 Å². The molecule has 1 aromatic rings. The third-order valence-electron chi connectivity index (χ3n) is 9.83. The van der Waals surface area contributed by atoms with Crippen molar-refractivity contribution in [3.63, 3.8) is 0 Å². The monoisotopic (exact) mass is 408 g/mol. The summed E-state index contributed by atoms with van der Waals surface area (Å²) in [5.74, 6) is 4.81. The van der Waals surface area contributed by atoms with E-state index in [0.29, 0.717) is 17.9 Å². The van der Waals surface area contributed by atoms with Crippen molar-refractivity contribution < 1.29 is 4.79 Å². The molecular formula is C25H36N4O. The van der Waals surface area contributed by atoms with Crippen LogP contribution in [0, 0.1) is 52.3 Å². The number of aromatic nitrogens is 2. The summed E-state index contributed by atoms with van der Waals surface area (Å²) in [4.78, 5) is 13.3. The zero-order valence-electron chi connectivity index (χ0n) is 18.5. The number of carbonyl (C=O) groups excluding carboxylic acids is 1. The minimum absolute atomic E-state index is 0.163. The molecule has 0 spiro atoms. The van der Waals surface area contributed by atoms with Crippen molar-refractivity contribution in [1.82, 2.24) is 15.1 Å². The lowest BCUT2D eigenvalue weighted by Gasteiger charge is -2.56. The fourth-order valence-electron chi connectivity index (χ4n) is 8.42. The van der Waals surface area contributed by atoms with Crippen LogP contribution in [0.25, 0.3) is 0 Å². The molecule has 0 aromatic carbocycles. The summed E-state index contributed by atoms with van der Waals surface area (Å²) in [7, 11) is 2.13. The van der Waals surface area contributed by atoms with Crippen LogP contribution in [0.4, 0.5) is 0 Å². The van der Waals surface area contributed by atoms with E-state index < -0.39 is 0 Å². The van der Waals surface area contributed by atoms with Crippen molar-refractivity contribution in [2.24, 2.45) is 40.9 Å². The minimum Gasteiger partial charge on any atom is -0.317 e. The van der Waals surface area contributed by atoms with E-state index in [4.69, 9.17) is 5.26 Å². The number of nitriles is 1. The molecule has 8 atom stereocenters. The standard InChI is InChI=1S/C25H36N4O/c1-25-10-9-20-19-6-4-18(27-2)11-17(19)3-5-21(20)22(25)7-8-23(25)24(30)15-29-14-16(12-26)13-28-29/h13-14,17-23,27H,3-11,15H2,1-2H3/t17-,18+,19+,20-,21-,22+,23-,25+/m1/s1. The summed E-state index contributed by atoms with van der Waals surface area (Å²) >= 11 is 0. The molecule has 0 unspecified atom stereocenters. The van der Waals surface area contributed by atoms with Gasteiger partial charge in [0.25, 0.3) is 0 Å². The second-order valence-electron chi connectivity index (χ2n) is 10.9. The van der Waals surface area contributed by atoms with Gasteiger partial charge in [0.15, 0.2) is 5.78 Å². The van der Waals surface area contributed by atoms with Crippen LogP contribution in [0.2, 0.25) is 0 Å². The molecule has 5 rings (SSSR count). The molecule has 4 aliphatic rings. The highest BCUT2D eigenvalue weighted by Crippen LogP contribution is 2.64. The van der Waals surface area contributed by atoms with Gasteiger partial charge in [-0.3, -0.25) is 9.48 Å². The first-order valence-electron chi connectivity index (χ1n) is 12.2. The molecule has 5 nitrogen and oxygen atoms in total. The normalized spacial score (nSPS) is 42.6. The molecule has 0 saturated heterocycles. The molecule has 0 aliphatic heterocycles. The highest BCUT2D eigenvalue weighted by molar-refractivity contribution is 5.82. The molecule has 1 aromatic heterocycles. The lowest BCUT2D eigenvalue weighted by molar-refractivity contribution is -0.131. The Balaban J connectivity index is 1.29. The van der Waals surface area contributed by atoms with Gasteiger partial charge in [-0.1, -0.05) is 6.92 Å². The summed E-state index contributed by atoms with van der Waals surface area (Å²) in [6, 6.07) is 2.84. The molecule has 5 heteroatoms. The first kappa shape index (κ1) is 20.2.